The molecule has 1 amide bonds. The lowest BCUT2D eigenvalue weighted by Crippen LogP contribution is -2.26. The number of hydrogen-bond acceptors (Lipinski definition) is 3. The molecule has 3 aromatic heterocycles. The zero-order valence-corrected chi connectivity index (χ0v) is 16.0. The van der Waals surface area contributed by atoms with Crippen molar-refractivity contribution in [2.75, 3.05) is 0 Å². The Morgan fingerprint density at radius 1 is 1.14 bits per heavy atom. The maximum Gasteiger partial charge on any atom is 0.268 e. The number of H-pyrrole nitrogens is 1. The summed E-state index contributed by atoms with van der Waals surface area (Å²) in [6.07, 6.45) is 1.65. The monoisotopic (exact) mass is 384 g/mol. The van der Waals surface area contributed by atoms with Crippen molar-refractivity contribution in [2.24, 2.45) is 0 Å². The lowest BCUT2D eigenvalue weighted by Gasteiger charge is -2.12. The molecule has 3 heterocycles. The highest BCUT2D eigenvalue weighted by Gasteiger charge is 2.18. The van der Waals surface area contributed by atoms with Crippen molar-refractivity contribution in [3.8, 4) is 0 Å². The highest BCUT2D eigenvalue weighted by atomic mass is 16.3. The number of aromatic amines is 1. The summed E-state index contributed by atoms with van der Waals surface area (Å²) >= 11 is 0. The van der Waals surface area contributed by atoms with Crippen molar-refractivity contribution >= 4 is 28.0 Å². The largest absolute Gasteiger partial charge is 0.463 e. The van der Waals surface area contributed by atoms with Crippen LogP contribution in [0.4, 0.5) is 0 Å². The smallest absolute Gasteiger partial charge is 0.268 e. The topological polar surface area (TPSA) is 75.8 Å². The zero-order chi connectivity index (χ0) is 19.8. The van der Waals surface area contributed by atoms with Gasteiger partial charge in [-0.1, -0.05) is 36.4 Å². The van der Waals surface area contributed by atoms with E-state index in [2.05, 4.69) is 34.3 Å². The number of benzene rings is 2. The molecule has 0 saturated carbocycles. The van der Waals surface area contributed by atoms with Crippen molar-refractivity contribution in [3.05, 3.63) is 89.6 Å². The number of carbonyl (C=O) groups excluding carboxylic acids is 1. The lowest BCUT2D eigenvalue weighted by atomic mass is 10.1. The Morgan fingerprint density at radius 2 is 1.97 bits per heavy atom. The third-order valence-corrected chi connectivity index (χ3v) is 5.20. The fourth-order valence-corrected chi connectivity index (χ4v) is 3.64. The number of nitrogens with one attached hydrogen (secondary N) is 2. The van der Waals surface area contributed by atoms with E-state index in [0.29, 0.717) is 24.4 Å². The third kappa shape index (κ3) is 3.18. The van der Waals surface area contributed by atoms with E-state index in [-0.39, 0.29) is 5.91 Å². The van der Waals surface area contributed by atoms with Crippen LogP contribution >= 0.6 is 0 Å². The van der Waals surface area contributed by atoms with Crippen LogP contribution in [0.5, 0.6) is 0 Å². The van der Waals surface area contributed by atoms with Gasteiger partial charge in [0.2, 0.25) is 0 Å². The fourth-order valence-electron chi connectivity index (χ4n) is 3.64. The van der Waals surface area contributed by atoms with Gasteiger partial charge in [0.1, 0.15) is 11.5 Å². The van der Waals surface area contributed by atoms with Gasteiger partial charge < -0.3 is 19.3 Å². The van der Waals surface area contributed by atoms with Crippen molar-refractivity contribution in [3.63, 3.8) is 0 Å². The number of rotatable bonds is 5. The molecule has 0 aliphatic carbocycles. The Labute approximate surface area is 167 Å². The van der Waals surface area contributed by atoms with Crippen LogP contribution in [0.2, 0.25) is 0 Å². The molecule has 0 aliphatic heterocycles. The van der Waals surface area contributed by atoms with Gasteiger partial charge in [-0.25, -0.2) is 4.98 Å². The number of carbonyl (C=O) groups is 1. The van der Waals surface area contributed by atoms with Crippen LogP contribution in [-0.4, -0.2) is 20.4 Å². The van der Waals surface area contributed by atoms with Crippen LogP contribution in [0.3, 0.4) is 0 Å². The molecule has 5 aromatic rings. The van der Waals surface area contributed by atoms with E-state index in [9.17, 15) is 4.79 Å². The van der Waals surface area contributed by atoms with Crippen LogP contribution in [0, 0.1) is 6.92 Å². The summed E-state index contributed by atoms with van der Waals surface area (Å²) in [5.74, 6) is 0.561. The molecule has 5 rings (SSSR count). The fraction of sp³-hybridized carbons (Fsp3) is 0.130. The Kier molecular flexibility index (Phi) is 4.17. The minimum Gasteiger partial charge on any atom is -0.463 e. The molecule has 0 bridgehead atoms. The van der Waals surface area contributed by atoms with Gasteiger partial charge in [0, 0.05) is 18.7 Å². The molecule has 6 nitrogen and oxygen atoms in total. The van der Waals surface area contributed by atoms with E-state index in [1.165, 1.54) is 5.56 Å². The number of furan rings is 1. The van der Waals surface area contributed by atoms with Gasteiger partial charge in [-0.15, -0.1) is 0 Å². The van der Waals surface area contributed by atoms with Crippen LogP contribution in [0.15, 0.2) is 71.3 Å². The van der Waals surface area contributed by atoms with E-state index in [0.717, 1.165) is 27.9 Å². The number of fused-ring (bicyclic) bond motifs is 2. The SMILES string of the molecule is Cc1ccccc1Cn1c(C(=O)NCc2nc3ccccc3[nH]2)cc2occc21. The van der Waals surface area contributed by atoms with Gasteiger partial charge in [0.05, 0.1) is 29.4 Å². The minimum atomic E-state index is -0.162. The second-order valence-electron chi connectivity index (χ2n) is 7.10. The van der Waals surface area contributed by atoms with E-state index in [1.807, 2.05) is 47.0 Å². The molecule has 0 radical (unpaired) electrons. The third-order valence-electron chi connectivity index (χ3n) is 5.20. The maximum atomic E-state index is 13.0. The van der Waals surface area contributed by atoms with E-state index in [4.69, 9.17) is 4.42 Å². The number of nitrogens with zero attached hydrogens (tertiary/aromatic N) is 2. The standard InChI is InChI=1S/C23H20N4O2/c1-15-6-2-3-7-16(15)14-27-19-10-11-29-21(19)12-20(27)23(28)24-13-22-25-17-8-4-5-9-18(17)26-22/h2-12H,13-14H2,1H3,(H,24,28)(H,25,26). The van der Waals surface area contributed by atoms with Crippen molar-refractivity contribution in [1.82, 2.24) is 19.9 Å². The number of amides is 1. The predicted molar refractivity (Wildman–Crippen MR) is 112 cm³/mol. The van der Waals surface area contributed by atoms with Crippen LogP contribution < -0.4 is 5.32 Å². The quantitative estimate of drug-likeness (QED) is 0.472. The van der Waals surface area contributed by atoms with Crippen LogP contribution in [0.25, 0.3) is 22.1 Å². The molecule has 2 N–H and O–H groups in total. The molecule has 29 heavy (non-hydrogen) atoms. The molecule has 0 aliphatic rings. The van der Waals surface area contributed by atoms with E-state index >= 15 is 0 Å². The predicted octanol–water partition coefficient (Wildman–Crippen LogP) is 4.40. The maximum absolute atomic E-state index is 13.0. The molecular weight excluding hydrogens is 364 g/mol. The summed E-state index contributed by atoms with van der Waals surface area (Å²) in [5, 5.41) is 2.97. The van der Waals surface area contributed by atoms with Crippen molar-refractivity contribution in [1.29, 1.82) is 0 Å². The zero-order valence-electron chi connectivity index (χ0n) is 16.0. The lowest BCUT2D eigenvalue weighted by molar-refractivity contribution is 0.0941. The number of hydrogen-bond donors (Lipinski definition) is 2. The molecule has 0 fully saturated rings. The first-order chi connectivity index (χ1) is 14.2. The van der Waals surface area contributed by atoms with E-state index < -0.39 is 0 Å². The second kappa shape index (κ2) is 6.98. The Bertz CT molecular complexity index is 1290. The van der Waals surface area contributed by atoms with Gasteiger partial charge in [-0.3, -0.25) is 4.79 Å². The normalized spacial score (nSPS) is 11.3. The first kappa shape index (κ1) is 17.3. The first-order valence-electron chi connectivity index (χ1n) is 9.52. The van der Waals surface area contributed by atoms with Crippen LogP contribution in [-0.2, 0) is 13.1 Å². The first-order valence-corrected chi connectivity index (χ1v) is 9.52. The number of aryl methyl sites for hydroxylation is 1. The summed E-state index contributed by atoms with van der Waals surface area (Å²) in [7, 11) is 0. The van der Waals surface area contributed by atoms with Crippen LogP contribution in [0.1, 0.15) is 27.4 Å². The Hall–Kier alpha value is -3.80. The molecule has 6 heteroatoms. The summed E-state index contributed by atoms with van der Waals surface area (Å²) in [6.45, 7) is 3.00. The van der Waals surface area contributed by atoms with Gasteiger partial charge >= 0.3 is 0 Å². The highest BCUT2D eigenvalue weighted by Crippen LogP contribution is 2.23. The molecule has 0 saturated heterocycles. The number of aromatic nitrogens is 3. The highest BCUT2D eigenvalue weighted by molar-refractivity contribution is 5.97. The van der Waals surface area contributed by atoms with Gasteiger partial charge in [-0.05, 0) is 30.2 Å². The van der Waals surface area contributed by atoms with Gasteiger partial charge in [-0.2, -0.15) is 0 Å². The summed E-state index contributed by atoms with van der Waals surface area (Å²) in [6, 6.07) is 19.7. The summed E-state index contributed by atoms with van der Waals surface area (Å²) in [5.41, 5.74) is 6.37. The molecule has 0 atom stereocenters. The second-order valence-corrected chi connectivity index (χ2v) is 7.10. The summed E-state index contributed by atoms with van der Waals surface area (Å²) < 4.78 is 7.54. The minimum absolute atomic E-state index is 0.162. The van der Waals surface area contributed by atoms with Crippen molar-refractivity contribution < 1.29 is 9.21 Å². The Balaban J connectivity index is 1.42. The molecule has 0 unspecified atom stereocenters. The number of para-hydroxylation sites is 2. The molecule has 144 valence electrons. The average molecular weight is 384 g/mol. The van der Waals surface area contributed by atoms with Crippen molar-refractivity contribution in [2.45, 2.75) is 20.0 Å². The summed E-state index contributed by atoms with van der Waals surface area (Å²) in [4.78, 5) is 20.7. The van der Waals surface area contributed by atoms with Gasteiger partial charge in [0.15, 0.2) is 5.58 Å². The molecule has 2 aromatic carbocycles. The molecular formula is C23H20N4O2. The Morgan fingerprint density at radius 3 is 2.83 bits per heavy atom. The van der Waals surface area contributed by atoms with Gasteiger partial charge in [0.25, 0.3) is 5.91 Å². The average Bonchev–Trinajstić information content (AvgIpc) is 3.43. The molecule has 0 spiro atoms. The number of imidazole rings is 1. The van der Waals surface area contributed by atoms with E-state index in [1.54, 1.807) is 12.3 Å².